The summed E-state index contributed by atoms with van der Waals surface area (Å²) in [4.78, 5) is 15.5. The number of oxazole rings is 1. The van der Waals surface area contributed by atoms with Crippen LogP contribution in [-0.2, 0) is 4.79 Å². The molecule has 6 nitrogen and oxygen atoms in total. The third-order valence-corrected chi connectivity index (χ3v) is 4.41. The summed E-state index contributed by atoms with van der Waals surface area (Å²) >= 11 is 3.46. The molecule has 0 bridgehead atoms. The first-order chi connectivity index (χ1) is 12.1. The third-order valence-electron chi connectivity index (χ3n) is 3.73. The van der Waals surface area contributed by atoms with Crippen LogP contribution < -0.4 is 14.6 Å². The van der Waals surface area contributed by atoms with Crippen molar-refractivity contribution in [1.82, 2.24) is 4.98 Å². The standard InChI is InChI=1S/C18H12BrNO5/c19-12-8-16-15(23-9-24-16)6-10(12)5-11(7-17(21)22)18-20-13-3-1-2-4-14(13)25-18/h1-6,8H,7,9H2,(H,21,22)/p-1/b11-5+. The zero-order valence-electron chi connectivity index (χ0n) is 12.8. The summed E-state index contributed by atoms with van der Waals surface area (Å²) in [5, 5.41) is 11.2. The zero-order chi connectivity index (χ0) is 17.4. The van der Waals surface area contributed by atoms with Crippen LogP contribution in [0.1, 0.15) is 17.9 Å². The fourth-order valence-electron chi connectivity index (χ4n) is 2.58. The van der Waals surface area contributed by atoms with Gasteiger partial charge in [0.25, 0.3) is 0 Å². The minimum atomic E-state index is -1.22. The van der Waals surface area contributed by atoms with Crippen LogP contribution in [0.2, 0.25) is 0 Å². The lowest BCUT2D eigenvalue weighted by atomic mass is 10.1. The number of hydrogen-bond donors (Lipinski definition) is 0. The van der Waals surface area contributed by atoms with Crippen molar-refractivity contribution in [2.45, 2.75) is 6.42 Å². The topological polar surface area (TPSA) is 84.6 Å². The van der Waals surface area contributed by atoms with Crippen LogP contribution >= 0.6 is 15.9 Å². The fraction of sp³-hybridized carbons (Fsp3) is 0.111. The van der Waals surface area contributed by atoms with Gasteiger partial charge in [-0.25, -0.2) is 4.98 Å². The molecular formula is C18H11BrNO5-. The Morgan fingerprint density at radius 2 is 2.00 bits per heavy atom. The van der Waals surface area contributed by atoms with Crippen LogP contribution in [0, 0.1) is 0 Å². The first-order valence-corrected chi connectivity index (χ1v) is 8.25. The van der Waals surface area contributed by atoms with E-state index in [2.05, 4.69) is 20.9 Å². The van der Waals surface area contributed by atoms with Crippen molar-refractivity contribution in [3.63, 3.8) is 0 Å². The molecule has 2 heterocycles. The molecule has 25 heavy (non-hydrogen) atoms. The van der Waals surface area contributed by atoms with E-state index in [1.165, 1.54) is 0 Å². The Hall–Kier alpha value is -2.80. The summed E-state index contributed by atoms with van der Waals surface area (Å²) in [6, 6.07) is 10.8. The number of fused-ring (bicyclic) bond motifs is 2. The summed E-state index contributed by atoms with van der Waals surface area (Å²) in [6.45, 7) is 0.159. The average Bonchev–Trinajstić information content (AvgIpc) is 3.19. The van der Waals surface area contributed by atoms with Gasteiger partial charge in [0.1, 0.15) is 5.52 Å². The van der Waals surface area contributed by atoms with Crippen LogP contribution in [0.4, 0.5) is 0 Å². The Balaban J connectivity index is 1.81. The number of carbonyl (C=O) groups is 1. The molecule has 1 aromatic heterocycles. The molecule has 126 valence electrons. The van der Waals surface area contributed by atoms with Gasteiger partial charge in [0.05, 0.1) is 0 Å². The normalized spacial score (nSPS) is 13.4. The molecule has 0 unspecified atom stereocenters. The smallest absolute Gasteiger partial charge is 0.231 e. The molecule has 0 saturated carbocycles. The summed E-state index contributed by atoms with van der Waals surface area (Å²) in [7, 11) is 0. The fourth-order valence-corrected chi connectivity index (χ4v) is 3.02. The molecular weight excluding hydrogens is 390 g/mol. The number of carboxylic acid groups (broad SMARTS) is 1. The lowest BCUT2D eigenvalue weighted by Gasteiger charge is -2.07. The zero-order valence-corrected chi connectivity index (χ0v) is 14.4. The van der Waals surface area contributed by atoms with E-state index in [1.807, 2.05) is 12.1 Å². The maximum absolute atomic E-state index is 11.2. The number of benzene rings is 2. The van der Waals surface area contributed by atoms with Crippen LogP contribution in [0.5, 0.6) is 11.5 Å². The van der Waals surface area contributed by atoms with Gasteiger partial charge in [-0.05, 0) is 35.9 Å². The van der Waals surface area contributed by atoms with Gasteiger partial charge >= 0.3 is 0 Å². The van der Waals surface area contributed by atoms with Crippen molar-refractivity contribution >= 4 is 44.6 Å². The maximum Gasteiger partial charge on any atom is 0.231 e. The monoisotopic (exact) mass is 400 g/mol. The van der Waals surface area contributed by atoms with Gasteiger partial charge in [0, 0.05) is 22.4 Å². The number of carboxylic acids is 1. The minimum absolute atomic E-state index is 0.159. The van der Waals surface area contributed by atoms with E-state index in [1.54, 1.807) is 30.3 Å². The minimum Gasteiger partial charge on any atom is -0.550 e. The number of aromatic nitrogens is 1. The molecule has 3 aromatic rings. The van der Waals surface area contributed by atoms with Gasteiger partial charge in [0.2, 0.25) is 12.7 Å². The van der Waals surface area contributed by atoms with E-state index < -0.39 is 5.97 Å². The largest absolute Gasteiger partial charge is 0.550 e. The van der Waals surface area contributed by atoms with Crippen LogP contribution in [0.25, 0.3) is 22.7 Å². The number of para-hydroxylation sites is 2. The van der Waals surface area contributed by atoms with Gasteiger partial charge in [-0.1, -0.05) is 28.1 Å². The molecule has 0 amide bonds. The number of ether oxygens (including phenoxy) is 2. The third kappa shape index (κ3) is 3.10. The molecule has 1 aliphatic rings. The lowest BCUT2D eigenvalue weighted by Crippen LogP contribution is -2.22. The Labute approximate surface area is 150 Å². The summed E-state index contributed by atoms with van der Waals surface area (Å²) in [6.07, 6.45) is 1.36. The van der Waals surface area contributed by atoms with Gasteiger partial charge in [-0.2, -0.15) is 0 Å². The second kappa shape index (κ2) is 6.25. The van der Waals surface area contributed by atoms with Gasteiger partial charge in [0.15, 0.2) is 17.1 Å². The van der Waals surface area contributed by atoms with E-state index in [9.17, 15) is 9.90 Å². The molecule has 0 saturated heterocycles. The lowest BCUT2D eigenvalue weighted by molar-refractivity contribution is -0.304. The number of nitrogens with zero attached hydrogens (tertiary/aromatic N) is 1. The van der Waals surface area contributed by atoms with Crippen molar-refractivity contribution in [1.29, 1.82) is 0 Å². The average molecular weight is 401 g/mol. The summed E-state index contributed by atoms with van der Waals surface area (Å²) in [5.41, 5.74) is 2.37. The van der Waals surface area contributed by atoms with Crippen molar-refractivity contribution in [2.24, 2.45) is 0 Å². The molecule has 0 N–H and O–H groups in total. The molecule has 1 aliphatic heterocycles. The van der Waals surface area contributed by atoms with E-state index in [0.717, 1.165) is 10.0 Å². The molecule has 7 heteroatoms. The SMILES string of the molecule is O=C([O-])C/C(=C\c1cc2c(cc1Br)OCO2)c1nc2ccccc2o1. The molecule has 0 spiro atoms. The molecule has 0 fully saturated rings. The van der Waals surface area contributed by atoms with Gasteiger partial charge < -0.3 is 23.8 Å². The van der Waals surface area contributed by atoms with Crippen molar-refractivity contribution in [3.05, 3.63) is 52.3 Å². The Bertz CT molecular complexity index is 975. The first-order valence-electron chi connectivity index (χ1n) is 7.45. The van der Waals surface area contributed by atoms with Crippen LogP contribution in [0.15, 0.2) is 45.3 Å². The Morgan fingerprint density at radius 1 is 1.24 bits per heavy atom. The van der Waals surface area contributed by atoms with Crippen molar-refractivity contribution in [3.8, 4) is 11.5 Å². The summed E-state index contributed by atoms with van der Waals surface area (Å²) in [5.74, 6) is 0.257. The second-order valence-corrected chi connectivity index (χ2v) is 6.29. The predicted molar refractivity (Wildman–Crippen MR) is 91.8 cm³/mol. The Kier molecular flexibility index (Phi) is 3.93. The van der Waals surface area contributed by atoms with Gasteiger partial charge in [-0.3, -0.25) is 0 Å². The molecule has 0 radical (unpaired) electrons. The number of rotatable bonds is 4. The highest BCUT2D eigenvalue weighted by Gasteiger charge is 2.17. The van der Waals surface area contributed by atoms with Crippen LogP contribution in [-0.4, -0.2) is 17.7 Å². The number of hydrogen-bond acceptors (Lipinski definition) is 6. The van der Waals surface area contributed by atoms with Gasteiger partial charge in [-0.15, -0.1) is 0 Å². The van der Waals surface area contributed by atoms with E-state index in [-0.39, 0.29) is 19.1 Å². The highest BCUT2D eigenvalue weighted by atomic mass is 79.9. The molecule has 4 rings (SSSR count). The highest BCUT2D eigenvalue weighted by molar-refractivity contribution is 9.10. The highest BCUT2D eigenvalue weighted by Crippen LogP contribution is 2.38. The summed E-state index contributed by atoms with van der Waals surface area (Å²) < 4.78 is 17.1. The first kappa shape index (κ1) is 15.7. The number of aliphatic carboxylic acids is 1. The van der Waals surface area contributed by atoms with Crippen molar-refractivity contribution in [2.75, 3.05) is 6.79 Å². The predicted octanol–water partition coefficient (Wildman–Crippen LogP) is 3.00. The second-order valence-electron chi connectivity index (χ2n) is 5.43. The van der Waals surface area contributed by atoms with E-state index in [0.29, 0.717) is 28.2 Å². The van der Waals surface area contributed by atoms with E-state index in [4.69, 9.17) is 13.9 Å². The quantitative estimate of drug-likeness (QED) is 0.669. The molecule has 0 atom stereocenters. The number of carbonyl (C=O) groups excluding carboxylic acids is 1. The molecule has 2 aromatic carbocycles. The van der Waals surface area contributed by atoms with Crippen LogP contribution in [0.3, 0.4) is 0 Å². The molecule has 0 aliphatic carbocycles. The maximum atomic E-state index is 11.2. The Morgan fingerprint density at radius 3 is 2.76 bits per heavy atom. The number of halogens is 1. The van der Waals surface area contributed by atoms with Crippen molar-refractivity contribution < 1.29 is 23.8 Å². The van der Waals surface area contributed by atoms with E-state index >= 15 is 0 Å².